The van der Waals surface area contributed by atoms with Gasteiger partial charge in [-0.2, -0.15) is 0 Å². The Bertz CT molecular complexity index is 2730. The zero-order valence-electron chi connectivity index (χ0n) is 70.8. The van der Waals surface area contributed by atoms with Crippen molar-refractivity contribution < 1.29 is 0 Å². The second-order valence-electron chi connectivity index (χ2n) is 42.6. The minimum atomic E-state index is 0.187. The van der Waals surface area contributed by atoms with Crippen molar-refractivity contribution in [3.8, 4) is 0 Å². The Labute approximate surface area is 584 Å². The molecule has 0 amide bonds. The highest BCUT2D eigenvalue weighted by Crippen LogP contribution is 2.45. The predicted octanol–water partition coefficient (Wildman–Crippen LogP) is 30.0. The summed E-state index contributed by atoms with van der Waals surface area (Å²) >= 11 is 0. The Hall–Kier alpha value is -4.04. The molecule has 2 aromatic heterocycles. The lowest BCUT2D eigenvalue weighted by Crippen LogP contribution is -2.28. The number of nitrogens with zero attached hydrogens (tertiary/aromatic N) is 2. The smallest absolute Gasteiger partial charge is 0.0358 e. The van der Waals surface area contributed by atoms with Gasteiger partial charge in [-0.3, -0.25) is 0 Å². The van der Waals surface area contributed by atoms with E-state index in [2.05, 4.69) is 423 Å². The first kappa shape index (κ1) is 91.0. The Morgan fingerprint density at radius 2 is 0.753 bits per heavy atom. The molecule has 0 atom stereocenters. The van der Waals surface area contributed by atoms with E-state index in [0.717, 1.165) is 25.7 Å². The minimum absolute atomic E-state index is 0.187. The van der Waals surface area contributed by atoms with Crippen LogP contribution in [0.5, 0.6) is 0 Å². The van der Waals surface area contributed by atoms with Crippen LogP contribution in [0.15, 0.2) is 154 Å². The van der Waals surface area contributed by atoms with Gasteiger partial charge in [-0.05, 0) is 179 Å². The highest BCUT2D eigenvalue weighted by molar-refractivity contribution is 5.44. The lowest BCUT2D eigenvalue weighted by Gasteiger charge is -2.31. The molecule has 93 heavy (non-hydrogen) atoms. The van der Waals surface area contributed by atoms with Gasteiger partial charge in [-0.1, -0.05) is 358 Å². The molecule has 2 heteroatoms. The van der Waals surface area contributed by atoms with Gasteiger partial charge in [0.25, 0.3) is 0 Å². The van der Waals surface area contributed by atoms with E-state index in [1.54, 1.807) is 39.0 Å². The summed E-state index contributed by atoms with van der Waals surface area (Å²) in [4.78, 5) is 0. The zero-order chi connectivity index (χ0) is 74.2. The maximum atomic E-state index is 2.39. The van der Waals surface area contributed by atoms with Crippen molar-refractivity contribution in [1.29, 1.82) is 0 Å². The van der Waals surface area contributed by atoms with Crippen molar-refractivity contribution in [3.05, 3.63) is 166 Å². The van der Waals surface area contributed by atoms with Crippen LogP contribution in [0.25, 0.3) is 0 Å². The molecule has 0 saturated carbocycles. The van der Waals surface area contributed by atoms with E-state index in [-0.39, 0.29) is 21.9 Å². The normalized spacial score (nSPS) is 16.4. The van der Waals surface area contributed by atoms with Crippen LogP contribution in [0.4, 0.5) is 0 Å². The molecule has 534 valence electrons. The van der Waals surface area contributed by atoms with Crippen molar-refractivity contribution in [1.82, 2.24) is 9.13 Å². The van der Waals surface area contributed by atoms with Crippen LogP contribution in [0, 0.1) is 54.1 Å². The van der Waals surface area contributed by atoms with Crippen LogP contribution in [-0.2, 0) is 21.9 Å². The Balaban J connectivity index is 0. The number of aromatic nitrogens is 2. The summed E-state index contributed by atoms with van der Waals surface area (Å²) in [5, 5.41) is 0. The lowest BCUT2D eigenvalue weighted by molar-refractivity contribution is 0.361. The van der Waals surface area contributed by atoms with E-state index in [9.17, 15) is 0 Å². The van der Waals surface area contributed by atoms with E-state index < -0.39 is 0 Å². The standard InChI is InChI=1S/4C13H22.2C12H21N.C5H6.2C5H12/c2*1-12(2,3)10-7-8-11(9-10)13(4,5)6;2*1-12(2,3)10-8-7-9-11(10)13(4,5)6;1-11(2,3)10-7-8-13(9-10)12(4,5)6;1-11(2,3)10-8-7-9-13(10)12(4,5)6;1-2-4-5-3-1;2*1-5(2,3)4/h7,9H,8H2,1-6H3;7-8H,9H2,1-6H3;8-9H,7H2,1-6H3;7-8H,9H2,1-6H3;2*7-9H,1-6H3;1-4H,5H2;2*1-4H3. The number of hydrogen-bond donors (Lipinski definition) is 0. The molecule has 0 fully saturated rings. The summed E-state index contributed by atoms with van der Waals surface area (Å²) in [6.45, 7) is 99.4. The van der Waals surface area contributed by atoms with Crippen molar-refractivity contribution >= 4 is 0 Å². The maximum Gasteiger partial charge on any atom is 0.0358 e. The van der Waals surface area contributed by atoms with Crippen LogP contribution in [0.2, 0.25) is 0 Å². The minimum Gasteiger partial charge on any atom is -0.349 e. The van der Waals surface area contributed by atoms with Gasteiger partial charge in [0.1, 0.15) is 0 Å². The van der Waals surface area contributed by atoms with Crippen LogP contribution >= 0.6 is 0 Å². The van der Waals surface area contributed by atoms with Gasteiger partial charge < -0.3 is 9.13 Å². The zero-order valence-corrected chi connectivity index (χ0v) is 70.8. The third kappa shape index (κ3) is 38.5. The number of allylic oxidation sites excluding steroid dienone is 20. The second kappa shape index (κ2) is 34.4. The highest BCUT2D eigenvalue weighted by atomic mass is 15.0. The molecule has 5 aliphatic rings. The molecule has 2 heterocycles. The fourth-order valence-corrected chi connectivity index (χ4v) is 10.2. The van der Waals surface area contributed by atoms with Gasteiger partial charge in [0.05, 0.1) is 0 Å². The first-order chi connectivity index (χ1) is 40.8. The van der Waals surface area contributed by atoms with E-state index in [1.807, 2.05) is 0 Å². The van der Waals surface area contributed by atoms with Crippen molar-refractivity contribution in [2.75, 3.05) is 0 Å². The van der Waals surface area contributed by atoms with Crippen LogP contribution in [-0.4, -0.2) is 9.13 Å². The molecule has 0 aliphatic heterocycles. The third-order valence-electron chi connectivity index (χ3n) is 15.9. The summed E-state index contributed by atoms with van der Waals surface area (Å²) in [5.74, 6) is 0. The molecule has 0 saturated heterocycles. The van der Waals surface area contributed by atoms with Crippen LogP contribution in [0.3, 0.4) is 0 Å². The van der Waals surface area contributed by atoms with Gasteiger partial charge >= 0.3 is 0 Å². The molecule has 5 aliphatic carbocycles. The summed E-state index contributed by atoms with van der Waals surface area (Å²) in [5.41, 5.74) is 19.7. The monoisotopic (exact) mass is 1280 g/mol. The van der Waals surface area contributed by atoms with Crippen LogP contribution < -0.4 is 0 Å². The molecule has 0 aromatic carbocycles. The Morgan fingerprint density at radius 3 is 0.968 bits per heavy atom. The van der Waals surface area contributed by atoms with Crippen molar-refractivity contribution in [3.63, 3.8) is 0 Å². The third-order valence-corrected chi connectivity index (χ3v) is 15.9. The Morgan fingerprint density at radius 1 is 0.344 bits per heavy atom. The summed E-state index contributed by atoms with van der Waals surface area (Å²) in [6, 6.07) is 6.56. The predicted molar refractivity (Wildman–Crippen MR) is 428 cm³/mol. The largest absolute Gasteiger partial charge is 0.349 e. The first-order valence-corrected chi connectivity index (χ1v) is 36.2. The molecular weight excluding hydrogens is 1120 g/mol. The topological polar surface area (TPSA) is 9.86 Å². The maximum absolute atomic E-state index is 2.39. The number of rotatable bonds is 0. The van der Waals surface area contributed by atoms with Gasteiger partial charge in [0.2, 0.25) is 0 Å². The number of hydrogen-bond acceptors (Lipinski definition) is 0. The lowest BCUT2D eigenvalue weighted by atomic mass is 9.74. The van der Waals surface area contributed by atoms with Crippen molar-refractivity contribution in [2.45, 2.75) is 359 Å². The van der Waals surface area contributed by atoms with Crippen LogP contribution in [0.1, 0.15) is 348 Å². The van der Waals surface area contributed by atoms with E-state index in [0.29, 0.717) is 54.1 Å². The molecule has 0 unspecified atom stereocenters. The Kier molecular flexibility index (Phi) is 33.7. The summed E-state index contributed by atoms with van der Waals surface area (Å²) in [7, 11) is 0. The fraction of sp³-hybridized carbons (Fsp3) is 0.692. The molecule has 0 spiro atoms. The van der Waals surface area contributed by atoms with E-state index >= 15 is 0 Å². The molecule has 7 rings (SSSR count). The van der Waals surface area contributed by atoms with E-state index in [4.69, 9.17) is 0 Å². The molecule has 0 bridgehead atoms. The first-order valence-electron chi connectivity index (χ1n) is 36.2. The van der Waals surface area contributed by atoms with Gasteiger partial charge in [0.15, 0.2) is 0 Å². The molecule has 2 aromatic rings. The van der Waals surface area contributed by atoms with E-state index in [1.165, 1.54) is 23.3 Å². The average molecular weight is 1280 g/mol. The van der Waals surface area contributed by atoms with Gasteiger partial charge in [0, 0.05) is 40.8 Å². The molecular formula is C91H160N2. The SMILES string of the molecule is C1=CCC=C1.CC(C)(C)C.CC(C)(C)C.CC(C)(C)C1=C(C(C)(C)C)CC=C1.CC(C)(C)C1=CC=C(C(C)(C)C)C1.CC(C)(C)C1=CCC(C(C)(C)C)=C1.CC(C)(C)C1=CCC=C1C(C)(C)C.CC(C)(C)c1cccn1C(C)(C)C.CC(C)(C)c1ccn(C(C)(C)C)c1. The quantitative estimate of drug-likeness (QED) is 0.249. The summed E-state index contributed by atoms with van der Waals surface area (Å²) in [6.07, 6.45) is 39.4. The second-order valence-corrected chi connectivity index (χ2v) is 42.6. The summed E-state index contributed by atoms with van der Waals surface area (Å²) < 4.78 is 4.63. The fourth-order valence-electron chi connectivity index (χ4n) is 10.2. The van der Waals surface area contributed by atoms with Crippen molar-refractivity contribution in [2.24, 2.45) is 54.1 Å². The van der Waals surface area contributed by atoms with Gasteiger partial charge in [-0.25, -0.2) is 0 Å². The average Bonchev–Trinajstić information content (AvgIpc) is 1.80. The molecule has 0 N–H and O–H groups in total. The molecule has 2 nitrogen and oxygen atoms in total. The van der Waals surface area contributed by atoms with Gasteiger partial charge in [-0.15, -0.1) is 0 Å². The molecule has 0 radical (unpaired) electrons. The highest BCUT2D eigenvalue weighted by Gasteiger charge is 2.32.